The zero-order valence-corrected chi connectivity index (χ0v) is 14.0. The Hall–Kier alpha value is -0.680. The van der Waals surface area contributed by atoms with Gasteiger partial charge >= 0.3 is 0 Å². The van der Waals surface area contributed by atoms with Gasteiger partial charge in [0.1, 0.15) is 4.60 Å². The Morgan fingerprint density at radius 2 is 1.74 bits per heavy atom. The average Bonchev–Trinajstić information content (AvgIpc) is 2.25. The normalized spacial score (nSPS) is 22.2. The van der Waals surface area contributed by atoms with Gasteiger partial charge in [-0.05, 0) is 68.6 Å². The maximum absolute atomic E-state index is 4.26. The Kier molecular flexibility index (Phi) is 3.89. The summed E-state index contributed by atoms with van der Waals surface area (Å²) in [5.74, 6) is 0.932. The predicted molar refractivity (Wildman–Crippen MR) is 82.5 cm³/mol. The Balaban J connectivity index is 2.18. The summed E-state index contributed by atoms with van der Waals surface area (Å²) >= 11 is 3.32. The molecule has 106 valence electrons. The molecule has 0 bridgehead atoms. The summed E-state index contributed by atoms with van der Waals surface area (Å²) in [5, 5.41) is 12.0. The highest BCUT2D eigenvalue weighted by Crippen LogP contribution is 2.32. The molecule has 1 aromatic heterocycles. The van der Waals surface area contributed by atoms with Gasteiger partial charge in [0.2, 0.25) is 0 Å². The van der Waals surface area contributed by atoms with Crippen molar-refractivity contribution in [2.45, 2.75) is 57.7 Å². The van der Waals surface area contributed by atoms with Crippen LogP contribution < -0.4 is 10.2 Å². The zero-order valence-electron chi connectivity index (χ0n) is 12.4. The van der Waals surface area contributed by atoms with Crippen LogP contribution in [0.2, 0.25) is 0 Å². The molecule has 1 saturated heterocycles. The van der Waals surface area contributed by atoms with Crippen LogP contribution in [0, 0.1) is 0 Å². The third-order valence-electron chi connectivity index (χ3n) is 3.70. The minimum atomic E-state index is 0.142. The number of nitrogens with zero attached hydrogens (tertiary/aromatic N) is 3. The molecule has 0 amide bonds. The van der Waals surface area contributed by atoms with Gasteiger partial charge in [-0.3, -0.25) is 0 Å². The first kappa shape index (κ1) is 14.7. The summed E-state index contributed by atoms with van der Waals surface area (Å²) in [4.78, 5) is 2.25. The molecule has 2 heterocycles. The van der Waals surface area contributed by atoms with E-state index in [1.807, 2.05) is 12.1 Å². The summed E-state index contributed by atoms with van der Waals surface area (Å²) < 4.78 is 0.774. The molecule has 4 nitrogen and oxygen atoms in total. The molecule has 19 heavy (non-hydrogen) atoms. The molecule has 1 aromatic rings. The number of anilines is 1. The molecule has 1 fully saturated rings. The number of hydrogen-bond acceptors (Lipinski definition) is 4. The fraction of sp³-hybridized carbons (Fsp3) is 0.714. The van der Waals surface area contributed by atoms with E-state index in [1.165, 1.54) is 0 Å². The Bertz CT molecular complexity index is 425. The van der Waals surface area contributed by atoms with E-state index in [-0.39, 0.29) is 11.1 Å². The van der Waals surface area contributed by atoms with Gasteiger partial charge < -0.3 is 10.2 Å². The van der Waals surface area contributed by atoms with Crippen LogP contribution in [-0.4, -0.2) is 34.4 Å². The maximum Gasteiger partial charge on any atom is 0.151 e. The molecule has 0 saturated carbocycles. The second-order valence-electron chi connectivity index (χ2n) is 6.78. The lowest BCUT2D eigenvalue weighted by molar-refractivity contribution is 0.160. The molecule has 0 aromatic carbocycles. The first-order valence-electron chi connectivity index (χ1n) is 6.70. The average molecular weight is 327 g/mol. The summed E-state index contributed by atoms with van der Waals surface area (Å²) in [6, 6.07) is 4.43. The van der Waals surface area contributed by atoms with Crippen LogP contribution in [-0.2, 0) is 0 Å². The van der Waals surface area contributed by atoms with Crippen molar-refractivity contribution in [3.05, 3.63) is 16.7 Å². The van der Waals surface area contributed by atoms with E-state index in [0.29, 0.717) is 6.04 Å². The number of piperidine rings is 1. The van der Waals surface area contributed by atoms with E-state index in [2.05, 4.69) is 71.1 Å². The molecule has 2 rings (SSSR count). The van der Waals surface area contributed by atoms with Gasteiger partial charge in [0, 0.05) is 24.2 Å². The first-order chi connectivity index (χ1) is 8.69. The monoisotopic (exact) mass is 326 g/mol. The summed E-state index contributed by atoms with van der Waals surface area (Å²) in [7, 11) is 2.11. The fourth-order valence-corrected chi connectivity index (χ4v) is 3.44. The van der Waals surface area contributed by atoms with Crippen LogP contribution in [0.1, 0.15) is 40.5 Å². The largest absolute Gasteiger partial charge is 0.355 e. The lowest BCUT2D eigenvalue weighted by Crippen LogP contribution is -2.62. The zero-order chi connectivity index (χ0) is 14.3. The van der Waals surface area contributed by atoms with E-state index in [0.717, 1.165) is 23.3 Å². The van der Waals surface area contributed by atoms with Crippen molar-refractivity contribution in [2.75, 3.05) is 11.9 Å². The van der Waals surface area contributed by atoms with Crippen molar-refractivity contribution < 1.29 is 0 Å². The van der Waals surface area contributed by atoms with Crippen molar-refractivity contribution >= 4 is 21.7 Å². The Morgan fingerprint density at radius 1 is 1.16 bits per heavy atom. The Labute approximate surface area is 124 Å². The highest BCUT2D eigenvalue weighted by Gasteiger charge is 2.39. The first-order valence-corrected chi connectivity index (χ1v) is 7.49. The molecular weight excluding hydrogens is 304 g/mol. The Morgan fingerprint density at radius 3 is 2.21 bits per heavy atom. The predicted octanol–water partition coefficient (Wildman–Crippen LogP) is 2.98. The summed E-state index contributed by atoms with van der Waals surface area (Å²) in [6.07, 6.45) is 2.20. The van der Waals surface area contributed by atoms with Gasteiger partial charge in [0.25, 0.3) is 0 Å². The third-order valence-corrected chi connectivity index (χ3v) is 4.12. The molecule has 1 N–H and O–H groups in total. The van der Waals surface area contributed by atoms with Crippen LogP contribution in [0.3, 0.4) is 0 Å². The number of aromatic nitrogens is 2. The highest BCUT2D eigenvalue weighted by atomic mass is 79.9. The second-order valence-corrected chi connectivity index (χ2v) is 7.59. The van der Waals surface area contributed by atoms with Crippen molar-refractivity contribution in [1.29, 1.82) is 0 Å². The van der Waals surface area contributed by atoms with E-state index in [1.54, 1.807) is 0 Å². The van der Waals surface area contributed by atoms with Crippen LogP contribution in [0.5, 0.6) is 0 Å². The molecule has 0 spiro atoms. The molecule has 1 aliphatic heterocycles. The number of hydrogen-bond donors (Lipinski definition) is 1. The van der Waals surface area contributed by atoms with Crippen molar-refractivity contribution in [3.8, 4) is 0 Å². The minimum Gasteiger partial charge on any atom is -0.355 e. The lowest BCUT2D eigenvalue weighted by Gasteiger charge is -2.49. The molecular formula is C14H23BrN4. The van der Waals surface area contributed by atoms with Gasteiger partial charge in [0.05, 0.1) is 0 Å². The van der Waals surface area contributed by atoms with Gasteiger partial charge in [-0.15, -0.1) is 10.2 Å². The molecule has 0 radical (unpaired) electrons. The number of nitrogens with one attached hydrogen (secondary N) is 1. The molecule has 0 atom stereocenters. The van der Waals surface area contributed by atoms with Crippen LogP contribution >= 0.6 is 15.9 Å². The number of rotatable bonds is 2. The van der Waals surface area contributed by atoms with E-state index >= 15 is 0 Å². The van der Waals surface area contributed by atoms with Crippen molar-refractivity contribution in [3.63, 3.8) is 0 Å². The standard InChI is InChI=1S/C14H23BrN4/c1-13(2)8-10(9-14(3,4)18-13)19(5)12-7-6-11(15)16-17-12/h6-7,10,18H,8-9H2,1-5H3. The fourth-order valence-electron chi connectivity index (χ4n) is 3.23. The molecule has 5 heteroatoms. The number of halogens is 1. The van der Waals surface area contributed by atoms with Gasteiger partial charge in [-0.25, -0.2) is 0 Å². The van der Waals surface area contributed by atoms with Crippen LogP contribution in [0.4, 0.5) is 5.82 Å². The topological polar surface area (TPSA) is 41.1 Å². The summed E-state index contributed by atoms with van der Waals surface area (Å²) in [6.45, 7) is 9.06. The SMILES string of the molecule is CN(c1ccc(Br)nn1)C1CC(C)(C)NC(C)(C)C1. The molecule has 0 aliphatic carbocycles. The van der Waals surface area contributed by atoms with Gasteiger partial charge in [-0.2, -0.15) is 0 Å². The minimum absolute atomic E-state index is 0.142. The highest BCUT2D eigenvalue weighted by molar-refractivity contribution is 9.10. The van der Waals surface area contributed by atoms with Crippen LogP contribution in [0.25, 0.3) is 0 Å². The summed E-state index contributed by atoms with van der Waals surface area (Å²) in [5.41, 5.74) is 0.285. The lowest BCUT2D eigenvalue weighted by atomic mass is 9.79. The van der Waals surface area contributed by atoms with Gasteiger partial charge in [0.15, 0.2) is 5.82 Å². The van der Waals surface area contributed by atoms with Gasteiger partial charge in [-0.1, -0.05) is 0 Å². The second kappa shape index (κ2) is 5.02. The van der Waals surface area contributed by atoms with E-state index in [4.69, 9.17) is 0 Å². The smallest absolute Gasteiger partial charge is 0.151 e. The quantitative estimate of drug-likeness (QED) is 0.907. The van der Waals surface area contributed by atoms with E-state index < -0.39 is 0 Å². The maximum atomic E-state index is 4.26. The molecule has 0 unspecified atom stereocenters. The molecule has 1 aliphatic rings. The van der Waals surface area contributed by atoms with Crippen molar-refractivity contribution in [2.24, 2.45) is 0 Å². The van der Waals surface area contributed by atoms with E-state index in [9.17, 15) is 0 Å². The van der Waals surface area contributed by atoms with Crippen LogP contribution in [0.15, 0.2) is 16.7 Å². The third kappa shape index (κ3) is 3.66. The van der Waals surface area contributed by atoms with Crippen molar-refractivity contribution in [1.82, 2.24) is 15.5 Å².